The molecule has 0 aromatic heterocycles. The average molecular weight is 596 g/mol. The number of aliphatic hydroxyl groups is 1. The van der Waals surface area contributed by atoms with E-state index in [4.69, 9.17) is 9.84 Å². The first kappa shape index (κ1) is 29.0. The van der Waals surface area contributed by atoms with E-state index >= 15 is 0 Å². The molecule has 2 aliphatic carbocycles. The Hall–Kier alpha value is -3.11. The molecule has 7 nitrogen and oxygen atoms in total. The van der Waals surface area contributed by atoms with Crippen molar-refractivity contribution in [2.45, 2.75) is 63.5 Å². The van der Waals surface area contributed by atoms with Gasteiger partial charge >= 0.3 is 5.97 Å². The maximum Gasteiger partial charge on any atom is 0.307 e. The molecule has 2 unspecified atom stereocenters. The van der Waals surface area contributed by atoms with Crippen molar-refractivity contribution in [2.24, 2.45) is 5.92 Å². The van der Waals surface area contributed by atoms with Gasteiger partial charge in [-0.15, -0.1) is 0 Å². The summed E-state index contributed by atoms with van der Waals surface area (Å²) in [7, 11) is -2.58. The maximum atomic E-state index is 14.8. The molecule has 1 aliphatic heterocycles. The van der Waals surface area contributed by atoms with Gasteiger partial charge in [-0.2, -0.15) is 10.6 Å². The van der Waals surface area contributed by atoms with Crippen LogP contribution in [0, 0.1) is 18.7 Å². The molecule has 2 fully saturated rings. The van der Waals surface area contributed by atoms with Crippen LogP contribution in [0.5, 0.6) is 5.75 Å². The van der Waals surface area contributed by atoms with Crippen LogP contribution >= 0.6 is 10.6 Å². The Morgan fingerprint density at radius 1 is 1.07 bits per heavy atom. The third-order valence-electron chi connectivity index (χ3n) is 9.03. The molecule has 0 amide bonds. The number of aliphatic carboxylic acids is 1. The van der Waals surface area contributed by atoms with Crippen LogP contribution in [-0.2, 0) is 24.2 Å². The quantitative estimate of drug-likeness (QED) is 0.196. The largest absolute Gasteiger partial charge is 0.491 e. The van der Waals surface area contributed by atoms with Gasteiger partial charge in [0.1, 0.15) is 23.8 Å². The minimum atomic E-state index is -2.58. The number of nitrogens with one attached hydrogen (secondary N) is 1. The average Bonchev–Trinajstić information content (AvgIpc) is 3.76. The van der Waals surface area contributed by atoms with Gasteiger partial charge in [0, 0.05) is 29.7 Å². The number of benzene rings is 3. The topological polar surface area (TPSA) is 119 Å². The number of carboxylic acid groups (broad SMARTS) is 1. The second kappa shape index (κ2) is 11.2. The molecular weight excluding hydrogens is 557 g/mol. The fourth-order valence-electron chi connectivity index (χ4n) is 6.39. The van der Waals surface area contributed by atoms with Crippen molar-refractivity contribution in [1.29, 1.82) is 0 Å². The molecule has 0 radical (unpaired) electrons. The molecular formula is C33H38FNO6S. The summed E-state index contributed by atoms with van der Waals surface area (Å²) < 4.78 is 40.6. The Labute approximate surface area is 247 Å². The van der Waals surface area contributed by atoms with E-state index in [1.54, 1.807) is 6.07 Å². The normalized spacial score (nSPS) is 22.7. The predicted molar refractivity (Wildman–Crippen MR) is 163 cm³/mol. The van der Waals surface area contributed by atoms with E-state index in [9.17, 15) is 23.4 Å². The predicted octanol–water partition coefficient (Wildman–Crippen LogP) is 6.74. The van der Waals surface area contributed by atoms with Gasteiger partial charge in [0.05, 0.1) is 5.92 Å². The van der Waals surface area contributed by atoms with Crippen molar-refractivity contribution in [2.75, 3.05) is 23.4 Å². The Bertz CT molecular complexity index is 1510. The highest BCUT2D eigenvalue weighted by atomic mass is 32.3. The van der Waals surface area contributed by atoms with Gasteiger partial charge in [0.2, 0.25) is 0 Å². The van der Waals surface area contributed by atoms with Crippen molar-refractivity contribution < 1.29 is 33.2 Å². The van der Waals surface area contributed by atoms with Gasteiger partial charge in [0.15, 0.2) is 0 Å². The molecule has 0 bridgehead atoms. The number of aryl methyl sites for hydroxylation is 3. The molecule has 5 N–H and O–H groups in total. The van der Waals surface area contributed by atoms with E-state index < -0.39 is 28.1 Å². The highest BCUT2D eigenvalue weighted by Crippen LogP contribution is 2.49. The highest BCUT2D eigenvalue weighted by molar-refractivity contribution is 8.24. The number of fused-ring (bicyclic) bond motifs is 3. The second-order valence-electron chi connectivity index (χ2n) is 12.2. The van der Waals surface area contributed by atoms with Crippen LogP contribution in [0.4, 0.5) is 10.1 Å². The molecule has 3 aromatic rings. The third kappa shape index (κ3) is 6.15. The van der Waals surface area contributed by atoms with Crippen LogP contribution in [0.25, 0.3) is 11.1 Å². The van der Waals surface area contributed by atoms with Crippen molar-refractivity contribution in [3.8, 4) is 16.9 Å². The summed E-state index contributed by atoms with van der Waals surface area (Å²) in [5.74, 6) is -0.839. The SMILES string of the molecule is Cc1cc(OCC2(O)CCS(O)(O)CC2)cc2c1-c1cc(CNc3ccc(C4CC4C(=O)O)c(F)c3)ccc1CCC2. The summed E-state index contributed by atoms with van der Waals surface area (Å²) in [6.07, 6.45) is 4.00. The summed E-state index contributed by atoms with van der Waals surface area (Å²) in [5, 5.41) is 23.4. The summed E-state index contributed by atoms with van der Waals surface area (Å²) in [5.41, 5.74) is 7.13. The van der Waals surface area contributed by atoms with E-state index in [0.717, 1.165) is 30.4 Å². The van der Waals surface area contributed by atoms with Crippen LogP contribution in [0.15, 0.2) is 48.5 Å². The lowest BCUT2D eigenvalue weighted by atomic mass is 9.91. The first-order valence-electron chi connectivity index (χ1n) is 14.6. The second-order valence-corrected chi connectivity index (χ2v) is 14.6. The summed E-state index contributed by atoms with van der Waals surface area (Å²) in [6.45, 7) is 2.72. The number of anilines is 1. The zero-order chi connectivity index (χ0) is 29.6. The summed E-state index contributed by atoms with van der Waals surface area (Å²) >= 11 is 0. The van der Waals surface area contributed by atoms with E-state index in [0.29, 0.717) is 42.8 Å². The van der Waals surface area contributed by atoms with E-state index in [1.165, 1.54) is 28.3 Å². The Morgan fingerprint density at radius 3 is 2.55 bits per heavy atom. The van der Waals surface area contributed by atoms with Crippen LogP contribution in [0.2, 0.25) is 0 Å². The Balaban J connectivity index is 1.16. The van der Waals surface area contributed by atoms with Gasteiger partial charge in [-0.05, 0) is 115 Å². The van der Waals surface area contributed by atoms with Crippen molar-refractivity contribution >= 4 is 22.2 Å². The van der Waals surface area contributed by atoms with Gasteiger partial charge < -0.3 is 20.3 Å². The molecule has 6 rings (SSSR count). The van der Waals surface area contributed by atoms with Gasteiger partial charge in [0.25, 0.3) is 0 Å². The molecule has 3 aromatic carbocycles. The zero-order valence-corrected chi connectivity index (χ0v) is 24.6. The molecule has 42 heavy (non-hydrogen) atoms. The number of rotatable bonds is 8. The molecule has 1 heterocycles. The number of ether oxygens (including phenoxy) is 1. The molecule has 0 spiro atoms. The van der Waals surface area contributed by atoms with Crippen molar-refractivity contribution in [1.82, 2.24) is 0 Å². The Kier molecular flexibility index (Phi) is 7.72. The number of hydrogen-bond acceptors (Lipinski definition) is 6. The molecule has 1 saturated carbocycles. The highest BCUT2D eigenvalue weighted by Gasteiger charge is 2.45. The number of carboxylic acids is 1. The summed E-state index contributed by atoms with van der Waals surface area (Å²) in [6, 6.07) is 15.5. The number of carbonyl (C=O) groups is 1. The smallest absolute Gasteiger partial charge is 0.307 e. The van der Waals surface area contributed by atoms with Gasteiger partial charge in [-0.1, -0.05) is 18.2 Å². The monoisotopic (exact) mass is 595 g/mol. The fraction of sp³-hybridized carbons (Fsp3) is 0.424. The summed E-state index contributed by atoms with van der Waals surface area (Å²) in [4.78, 5) is 11.2. The lowest BCUT2D eigenvalue weighted by Gasteiger charge is -2.43. The van der Waals surface area contributed by atoms with Crippen LogP contribution in [0.1, 0.15) is 59.4 Å². The van der Waals surface area contributed by atoms with E-state index in [2.05, 4.69) is 36.5 Å². The standard InChI is InChI=1S/C33H38FNO6S/c1-20-13-25(41-19-33(38)9-11-42(39,40)12-10-33)15-23-4-2-3-22-6-5-21(14-27(22)31(20)23)18-35-24-7-8-26(30(34)16-24)28-17-29(28)32(36)37/h5-8,13-16,28-29,35,38-40H,2-4,9-12,17-19H2,1H3,(H,36,37). The molecule has 224 valence electrons. The zero-order valence-electron chi connectivity index (χ0n) is 23.7. The number of hydrogen-bond donors (Lipinski definition) is 5. The first-order chi connectivity index (χ1) is 20.0. The number of halogens is 1. The fourth-order valence-corrected chi connectivity index (χ4v) is 8.01. The minimum absolute atomic E-state index is 0.121. The van der Waals surface area contributed by atoms with Crippen molar-refractivity contribution in [3.63, 3.8) is 0 Å². The molecule has 1 saturated heterocycles. The van der Waals surface area contributed by atoms with Crippen molar-refractivity contribution in [3.05, 3.63) is 82.2 Å². The molecule has 3 aliphatic rings. The molecule has 2 atom stereocenters. The third-order valence-corrected chi connectivity index (χ3v) is 10.7. The maximum absolute atomic E-state index is 14.8. The first-order valence-corrected chi connectivity index (χ1v) is 16.5. The van der Waals surface area contributed by atoms with E-state index in [-0.39, 0.29) is 29.8 Å². The lowest BCUT2D eigenvalue weighted by Crippen LogP contribution is -2.42. The van der Waals surface area contributed by atoms with E-state index in [1.807, 2.05) is 12.1 Å². The van der Waals surface area contributed by atoms with Crippen LogP contribution < -0.4 is 10.1 Å². The van der Waals surface area contributed by atoms with Gasteiger partial charge in [-0.25, -0.2) is 4.39 Å². The Morgan fingerprint density at radius 2 is 1.83 bits per heavy atom. The van der Waals surface area contributed by atoms with Crippen LogP contribution in [-0.4, -0.2) is 49.0 Å². The minimum Gasteiger partial charge on any atom is -0.491 e. The van der Waals surface area contributed by atoms with Crippen LogP contribution in [0.3, 0.4) is 0 Å². The lowest BCUT2D eigenvalue weighted by molar-refractivity contribution is -0.138. The molecule has 9 heteroatoms. The van der Waals surface area contributed by atoms with Gasteiger partial charge in [-0.3, -0.25) is 13.9 Å².